The van der Waals surface area contributed by atoms with Gasteiger partial charge >= 0.3 is 0 Å². The van der Waals surface area contributed by atoms with Crippen LogP contribution < -0.4 is 10.6 Å². The Bertz CT molecular complexity index is 504. The van der Waals surface area contributed by atoms with Crippen molar-refractivity contribution >= 4 is 17.5 Å². The molecule has 1 unspecified atom stereocenters. The molecular weight excluding hydrogens is 264 g/mol. The van der Waals surface area contributed by atoms with Crippen LogP contribution in [0, 0.1) is 5.92 Å². The zero-order valence-corrected chi connectivity index (χ0v) is 13.6. The summed E-state index contributed by atoms with van der Waals surface area (Å²) in [5, 5.41) is 5.78. The summed E-state index contributed by atoms with van der Waals surface area (Å²) >= 11 is 0. The number of para-hydroxylation sites is 1. The van der Waals surface area contributed by atoms with Gasteiger partial charge in [-0.2, -0.15) is 0 Å². The molecule has 2 N–H and O–H groups in total. The van der Waals surface area contributed by atoms with E-state index in [2.05, 4.69) is 17.6 Å². The van der Waals surface area contributed by atoms with Crippen LogP contribution in [0.15, 0.2) is 24.3 Å². The van der Waals surface area contributed by atoms with Crippen molar-refractivity contribution in [2.45, 2.75) is 53.0 Å². The highest BCUT2D eigenvalue weighted by molar-refractivity contribution is 6.04. The maximum atomic E-state index is 12.3. The first-order valence-corrected chi connectivity index (χ1v) is 7.47. The summed E-state index contributed by atoms with van der Waals surface area (Å²) in [7, 11) is 0. The van der Waals surface area contributed by atoms with E-state index in [1.807, 2.05) is 33.8 Å². The highest BCUT2D eigenvalue weighted by Crippen LogP contribution is 2.18. The molecule has 4 nitrogen and oxygen atoms in total. The molecular formula is C17H26N2O2. The molecule has 0 aliphatic carbocycles. The van der Waals surface area contributed by atoms with E-state index in [9.17, 15) is 9.59 Å². The van der Waals surface area contributed by atoms with Crippen LogP contribution in [0.1, 0.15) is 57.8 Å². The molecule has 116 valence electrons. The van der Waals surface area contributed by atoms with Gasteiger partial charge in [0.1, 0.15) is 0 Å². The van der Waals surface area contributed by atoms with Crippen LogP contribution in [-0.4, -0.2) is 17.4 Å². The van der Waals surface area contributed by atoms with Crippen LogP contribution >= 0.6 is 0 Å². The van der Waals surface area contributed by atoms with Crippen LogP contribution in [0.3, 0.4) is 0 Å². The minimum absolute atomic E-state index is 0.0483. The Hall–Kier alpha value is -1.84. The Morgan fingerprint density at radius 2 is 1.81 bits per heavy atom. The van der Waals surface area contributed by atoms with Crippen molar-refractivity contribution in [2.24, 2.45) is 5.92 Å². The number of benzene rings is 1. The quantitative estimate of drug-likeness (QED) is 0.870. The summed E-state index contributed by atoms with van der Waals surface area (Å²) in [4.78, 5) is 24.4. The number of hydrogen-bond donors (Lipinski definition) is 2. The molecule has 2 amide bonds. The molecule has 1 aromatic rings. The molecule has 0 fully saturated rings. The van der Waals surface area contributed by atoms with E-state index in [1.54, 1.807) is 18.2 Å². The molecule has 0 spiro atoms. The molecule has 0 radical (unpaired) electrons. The smallest absolute Gasteiger partial charge is 0.253 e. The summed E-state index contributed by atoms with van der Waals surface area (Å²) in [5.41, 5.74) is 0.737. The molecule has 0 aliphatic heterocycles. The number of carbonyl (C=O) groups excluding carboxylic acids is 2. The van der Waals surface area contributed by atoms with E-state index in [0.717, 1.165) is 12.8 Å². The van der Waals surface area contributed by atoms with Gasteiger partial charge in [-0.3, -0.25) is 9.59 Å². The Labute approximate surface area is 127 Å². The molecule has 4 heteroatoms. The largest absolute Gasteiger partial charge is 0.347 e. The summed E-state index contributed by atoms with van der Waals surface area (Å²) < 4.78 is 0. The predicted molar refractivity (Wildman–Crippen MR) is 86.4 cm³/mol. The zero-order chi connectivity index (χ0) is 16.0. The van der Waals surface area contributed by atoms with Gasteiger partial charge in [0.05, 0.1) is 11.3 Å². The second-order valence-corrected chi connectivity index (χ2v) is 6.43. The average molecular weight is 290 g/mol. The fourth-order valence-electron chi connectivity index (χ4n) is 2.02. The second-order valence-electron chi connectivity index (χ2n) is 6.43. The Morgan fingerprint density at radius 1 is 1.19 bits per heavy atom. The SMILES string of the molecule is CCCC(C)C(=O)Nc1ccccc1C(=O)NC(C)(C)C. The molecule has 0 aromatic heterocycles. The van der Waals surface area contributed by atoms with Crippen LogP contribution in [0.5, 0.6) is 0 Å². The molecule has 0 saturated carbocycles. The average Bonchev–Trinajstić information content (AvgIpc) is 2.37. The molecule has 0 bridgehead atoms. The van der Waals surface area contributed by atoms with Crippen molar-refractivity contribution in [3.8, 4) is 0 Å². The summed E-state index contributed by atoms with van der Waals surface area (Å²) in [5.74, 6) is -0.289. The highest BCUT2D eigenvalue weighted by Gasteiger charge is 2.19. The van der Waals surface area contributed by atoms with Gasteiger partial charge in [-0.05, 0) is 39.3 Å². The van der Waals surface area contributed by atoms with Crippen LogP contribution in [0.25, 0.3) is 0 Å². The summed E-state index contributed by atoms with van der Waals surface area (Å²) in [6, 6.07) is 7.09. The third-order valence-electron chi connectivity index (χ3n) is 3.09. The maximum Gasteiger partial charge on any atom is 0.253 e. The molecule has 0 aliphatic rings. The van der Waals surface area contributed by atoms with E-state index >= 15 is 0 Å². The zero-order valence-electron chi connectivity index (χ0n) is 13.6. The lowest BCUT2D eigenvalue weighted by molar-refractivity contribution is -0.119. The first kappa shape index (κ1) is 17.2. The number of anilines is 1. The summed E-state index contributed by atoms with van der Waals surface area (Å²) in [6.45, 7) is 9.73. The first-order valence-electron chi connectivity index (χ1n) is 7.47. The van der Waals surface area contributed by atoms with Crippen molar-refractivity contribution in [2.75, 3.05) is 5.32 Å². The van der Waals surface area contributed by atoms with Gasteiger partial charge in [-0.15, -0.1) is 0 Å². The van der Waals surface area contributed by atoms with Crippen LogP contribution in [-0.2, 0) is 4.79 Å². The van der Waals surface area contributed by atoms with Crippen molar-refractivity contribution in [3.63, 3.8) is 0 Å². The maximum absolute atomic E-state index is 12.3. The van der Waals surface area contributed by atoms with Gasteiger partial charge < -0.3 is 10.6 Å². The molecule has 1 rings (SSSR count). The lowest BCUT2D eigenvalue weighted by atomic mass is 10.0. The Kier molecular flexibility index (Phi) is 5.94. The predicted octanol–water partition coefficient (Wildman–Crippen LogP) is 3.59. The van der Waals surface area contributed by atoms with Gasteiger partial charge in [0.25, 0.3) is 5.91 Å². The van der Waals surface area contributed by atoms with E-state index < -0.39 is 0 Å². The minimum atomic E-state index is -0.316. The second kappa shape index (κ2) is 7.25. The fraction of sp³-hybridized carbons (Fsp3) is 0.529. The minimum Gasteiger partial charge on any atom is -0.347 e. The standard InChI is InChI=1S/C17H26N2O2/c1-6-9-12(2)15(20)18-14-11-8-7-10-13(14)16(21)19-17(3,4)5/h7-8,10-12H,6,9H2,1-5H3,(H,18,20)(H,19,21). The summed E-state index contributed by atoms with van der Waals surface area (Å²) in [6.07, 6.45) is 1.79. The first-order chi connectivity index (χ1) is 9.74. The number of carbonyl (C=O) groups is 2. The van der Waals surface area contributed by atoms with Gasteiger partial charge in [-0.1, -0.05) is 32.4 Å². The van der Waals surface area contributed by atoms with E-state index in [1.165, 1.54) is 0 Å². The lowest BCUT2D eigenvalue weighted by Gasteiger charge is -2.22. The molecule has 1 atom stereocenters. The van der Waals surface area contributed by atoms with Gasteiger partial charge in [0.15, 0.2) is 0 Å². The Balaban J connectivity index is 2.89. The van der Waals surface area contributed by atoms with E-state index in [-0.39, 0.29) is 23.3 Å². The third-order valence-corrected chi connectivity index (χ3v) is 3.09. The number of nitrogens with one attached hydrogen (secondary N) is 2. The van der Waals surface area contributed by atoms with Gasteiger partial charge in [0.2, 0.25) is 5.91 Å². The number of amides is 2. The fourth-order valence-corrected chi connectivity index (χ4v) is 2.02. The number of hydrogen-bond acceptors (Lipinski definition) is 2. The third kappa shape index (κ3) is 5.58. The normalized spacial score (nSPS) is 12.6. The molecule has 21 heavy (non-hydrogen) atoms. The van der Waals surface area contributed by atoms with Crippen LogP contribution in [0.2, 0.25) is 0 Å². The molecule has 0 saturated heterocycles. The number of rotatable bonds is 5. The van der Waals surface area contributed by atoms with Crippen molar-refractivity contribution in [1.82, 2.24) is 5.32 Å². The van der Waals surface area contributed by atoms with E-state index in [0.29, 0.717) is 11.3 Å². The molecule has 1 aromatic carbocycles. The Morgan fingerprint density at radius 3 is 2.38 bits per heavy atom. The van der Waals surface area contributed by atoms with Gasteiger partial charge in [0, 0.05) is 11.5 Å². The van der Waals surface area contributed by atoms with Gasteiger partial charge in [-0.25, -0.2) is 0 Å². The van der Waals surface area contributed by atoms with Crippen molar-refractivity contribution in [1.29, 1.82) is 0 Å². The molecule has 0 heterocycles. The van der Waals surface area contributed by atoms with E-state index in [4.69, 9.17) is 0 Å². The monoisotopic (exact) mass is 290 g/mol. The highest BCUT2D eigenvalue weighted by atomic mass is 16.2. The van der Waals surface area contributed by atoms with Crippen molar-refractivity contribution in [3.05, 3.63) is 29.8 Å². The van der Waals surface area contributed by atoms with Crippen LogP contribution in [0.4, 0.5) is 5.69 Å². The lowest BCUT2D eigenvalue weighted by Crippen LogP contribution is -2.41. The topological polar surface area (TPSA) is 58.2 Å². The van der Waals surface area contributed by atoms with Crippen molar-refractivity contribution < 1.29 is 9.59 Å².